The minimum atomic E-state index is -0.663. The fraction of sp³-hybridized carbons (Fsp3) is 0.467. The third-order valence-electron chi connectivity index (χ3n) is 4.25. The molecule has 1 spiro atoms. The van der Waals surface area contributed by atoms with Crippen molar-refractivity contribution in [3.8, 4) is 0 Å². The molecule has 20 heavy (non-hydrogen) atoms. The molecule has 1 aromatic rings. The summed E-state index contributed by atoms with van der Waals surface area (Å²) in [6, 6.07) is 5.81. The fourth-order valence-electron chi connectivity index (χ4n) is 3.22. The van der Waals surface area contributed by atoms with Gasteiger partial charge in [-0.2, -0.15) is 0 Å². The number of hydrogen-bond acceptors (Lipinski definition) is 2. The number of carbonyl (C=O) groups excluding carboxylic acids is 2. The number of halogens is 1. The molecule has 0 radical (unpaired) electrons. The molecular weight excluding hydrogens is 320 g/mol. The monoisotopic (exact) mass is 336 g/mol. The van der Waals surface area contributed by atoms with E-state index in [-0.39, 0.29) is 18.4 Å². The normalized spacial score (nSPS) is 21.4. The molecule has 1 N–H and O–H groups in total. The number of carbonyl (C=O) groups is 2. The zero-order valence-electron chi connectivity index (χ0n) is 11.4. The minimum absolute atomic E-state index is 0.0378. The third-order valence-corrected chi connectivity index (χ3v) is 4.75. The Balaban J connectivity index is 2.02. The number of benzene rings is 1. The van der Waals surface area contributed by atoms with Crippen LogP contribution in [0, 0.1) is 6.92 Å². The summed E-state index contributed by atoms with van der Waals surface area (Å²) in [6.07, 6.45) is 3.50. The van der Waals surface area contributed by atoms with E-state index >= 15 is 0 Å². The molecule has 1 aromatic carbocycles. The molecule has 1 heterocycles. The Morgan fingerprint density at radius 1 is 1.25 bits per heavy atom. The van der Waals surface area contributed by atoms with Gasteiger partial charge in [0, 0.05) is 10.2 Å². The van der Waals surface area contributed by atoms with Crippen LogP contribution in [0.3, 0.4) is 0 Å². The van der Waals surface area contributed by atoms with Crippen molar-refractivity contribution in [1.82, 2.24) is 5.32 Å². The van der Waals surface area contributed by atoms with Crippen molar-refractivity contribution in [1.29, 1.82) is 0 Å². The molecule has 1 saturated carbocycles. The van der Waals surface area contributed by atoms with Crippen LogP contribution in [0.15, 0.2) is 22.7 Å². The second-order valence-electron chi connectivity index (χ2n) is 5.66. The lowest BCUT2D eigenvalue weighted by Crippen LogP contribution is -2.65. The number of amides is 2. The predicted molar refractivity (Wildman–Crippen MR) is 80.6 cm³/mol. The van der Waals surface area contributed by atoms with Crippen molar-refractivity contribution >= 4 is 33.4 Å². The van der Waals surface area contributed by atoms with Crippen LogP contribution in [0.25, 0.3) is 0 Å². The molecule has 5 heteroatoms. The summed E-state index contributed by atoms with van der Waals surface area (Å²) in [5, 5.41) is 2.93. The first-order chi connectivity index (χ1) is 9.52. The first-order valence-corrected chi connectivity index (χ1v) is 7.70. The lowest BCUT2D eigenvalue weighted by Gasteiger charge is -2.40. The first-order valence-electron chi connectivity index (χ1n) is 6.91. The summed E-state index contributed by atoms with van der Waals surface area (Å²) in [6.45, 7) is 2.07. The van der Waals surface area contributed by atoms with Gasteiger partial charge in [-0.05, 0) is 37.5 Å². The van der Waals surface area contributed by atoms with E-state index in [1.807, 2.05) is 25.1 Å². The topological polar surface area (TPSA) is 49.4 Å². The van der Waals surface area contributed by atoms with Gasteiger partial charge in [-0.3, -0.25) is 9.59 Å². The van der Waals surface area contributed by atoms with Gasteiger partial charge < -0.3 is 10.2 Å². The van der Waals surface area contributed by atoms with Gasteiger partial charge in [0.05, 0.1) is 0 Å². The number of nitrogens with one attached hydrogen (secondary N) is 1. The summed E-state index contributed by atoms with van der Waals surface area (Å²) in [7, 11) is 0. The van der Waals surface area contributed by atoms with Crippen molar-refractivity contribution < 1.29 is 9.59 Å². The van der Waals surface area contributed by atoms with Gasteiger partial charge in [0.1, 0.15) is 12.1 Å². The van der Waals surface area contributed by atoms with E-state index in [9.17, 15) is 9.59 Å². The van der Waals surface area contributed by atoms with Crippen molar-refractivity contribution in [3.63, 3.8) is 0 Å². The Bertz CT molecular complexity index is 579. The Kier molecular flexibility index (Phi) is 3.32. The maximum absolute atomic E-state index is 12.9. The average Bonchev–Trinajstić information content (AvgIpc) is 2.86. The molecule has 4 nitrogen and oxygen atoms in total. The molecule has 2 aliphatic rings. The van der Waals surface area contributed by atoms with Crippen LogP contribution in [-0.2, 0) is 9.59 Å². The number of hydrogen-bond donors (Lipinski definition) is 1. The van der Waals surface area contributed by atoms with Crippen LogP contribution in [0.5, 0.6) is 0 Å². The third kappa shape index (κ3) is 2.14. The average molecular weight is 337 g/mol. The summed E-state index contributed by atoms with van der Waals surface area (Å²) in [5.41, 5.74) is 1.17. The highest BCUT2D eigenvalue weighted by atomic mass is 79.9. The number of nitrogens with zero attached hydrogens (tertiary/aromatic N) is 1. The number of anilines is 1. The molecule has 106 valence electrons. The van der Waals surface area contributed by atoms with Crippen molar-refractivity contribution in [2.24, 2.45) is 0 Å². The summed E-state index contributed by atoms with van der Waals surface area (Å²) in [4.78, 5) is 26.5. The highest BCUT2D eigenvalue weighted by molar-refractivity contribution is 9.10. The van der Waals surface area contributed by atoms with Gasteiger partial charge in [-0.25, -0.2) is 0 Å². The molecule has 1 saturated heterocycles. The summed E-state index contributed by atoms with van der Waals surface area (Å²) >= 11 is 3.43. The van der Waals surface area contributed by atoms with Crippen molar-refractivity contribution in [2.45, 2.75) is 38.1 Å². The van der Waals surface area contributed by atoms with E-state index in [0.717, 1.165) is 41.4 Å². The predicted octanol–water partition coefficient (Wildman–Crippen LogP) is 2.53. The minimum Gasteiger partial charge on any atom is -0.340 e. The maximum atomic E-state index is 12.9. The van der Waals surface area contributed by atoms with E-state index < -0.39 is 5.54 Å². The van der Waals surface area contributed by atoms with Crippen LogP contribution >= 0.6 is 15.9 Å². The molecule has 1 aliphatic carbocycles. The fourth-order valence-corrected chi connectivity index (χ4v) is 3.57. The Morgan fingerprint density at radius 3 is 2.65 bits per heavy atom. The van der Waals surface area contributed by atoms with Gasteiger partial charge >= 0.3 is 0 Å². The van der Waals surface area contributed by atoms with Crippen LogP contribution in [0.1, 0.15) is 31.2 Å². The summed E-state index contributed by atoms with van der Waals surface area (Å²) < 4.78 is 0.914. The van der Waals surface area contributed by atoms with Crippen molar-refractivity contribution in [2.75, 3.05) is 11.4 Å². The second-order valence-corrected chi connectivity index (χ2v) is 6.58. The van der Waals surface area contributed by atoms with Crippen LogP contribution in [-0.4, -0.2) is 23.9 Å². The summed E-state index contributed by atoms with van der Waals surface area (Å²) in [5.74, 6) is -0.0262. The first kappa shape index (κ1) is 13.6. The number of aryl methyl sites for hydroxylation is 1. The van der Waals surface area contributed by atoms with E-state index in [4.69, 9.17) is 0 Å². The Hall–Kier alpha value is -1.36. The molecule has 1 aliphatic heterocycles. The molecule has 3 rings (SSSR count). The SMILES string of the molecule is Cc1ccc(Br)cc1N1CC(=O)NC2(CCCC2)C1=O. The zero-order chi connectivity index (χ0) is 14.3. The van der Waals surface area contributed by atoms with E-state index in [0.29, 0.717) is 0 Å². The lowest BCUT2D eigenvalue weighted by atomic mass is 9.92. The molecule has 2 fully saturated rings. The Morgan fingerprint density at radius 2 is 1.95 bits per heavy atom. The molecular formula is C15H17BrN2O2. The number of rotatable bonds is 1. The van der Waals surface area contributed by atoms with E-state index in [1.165, 1.54) is 0 Å². The Labute approximate surface area is 126 Å². The standard InChI is InChI=1S/C15H17BrN2O2/c1-10-4-5-11(16)8-12(10)18-9-13(19)17-15(14(18)20)6-2-3-7-15/h4-5,8H,2-3,6-7,9H2,1H3,(H,17,19). The highest BCUT2D eigenvalue weighted by Gasteiger charge is 2.48. The molecule has 0 unspecified atom stereocenters. The quantitative estimate of drug-likeness (QED) is 0.856. The molecule has 0 atom stereocenters. The highest BCUT2D eigenvalue weighted by Crippen LogP contribution is 2.36. The maximum Gasteiger partial charge on any atom is 0.253 e. The second kappa shape index (κ2) is 4.88. The van der Waals surface area contributed by atoms with Crippen LogP contribution in [0.2, 0.25) is 0 Å². The zero-order valence-corrected chi connectivity index (χ0v) is 13.0. The van der Waals surface area contributed by atoms with Gasteiger partial charge in [0.2, 0.25) is 5.91 Å². The lowest BCUT2D eigenvalue weighted by molar-refractivity contribution is -0.135. The van der Waals surface area contributed by atoms with Gasteiger partial charge in [0.15, 0.2) is 0 Å². The van der Waals surface area contributed by atoms with E-state index in [2.05, 4.69) is 21.2 Å². The molecule has 0 bridgehead atoms. The van der Waals surface area contributed by atoms with Gasteiger partial charge in [-0.15, -0.1) is 0 Å². The van der Waals surface area contributed by atoms with Gasteiger partial charge in [-0.1, -0.05) is 34.8 Å². The van der Waals surface area contributed by atoms with Crippen molar-refractivity contribution in [3.05, 3.63) is 28.2 Å². The molecule has 2 amide bonds. The smallest absolute Gasteiger partial charge is 0.253 e. The van der Waals surface area contributed by atoms with E-state index in [1.54, 1.807) is 4.90 Å². The largest absolute Gasteiger partial charge is 0.340 e. The van der Waals surface area contributed by atoms with Gasteiger partial charge in [0.25, 0.3) is 5.91 Å². The van der Waals surface area contributed by atoms with Crippen LogP contribution < -0.4 is 10.2 Å². The van der Waals surface area contributed by atoms with Crippen LogP contribution in [0.4, 0.5) is 5.69 Å². The molecule has 0 aromatic heterocycles. The number of piperazine rings is 1.